The van der Waals surface area contributed by atoms with E-state index in [0.29, 0.717) is 17.1 Å². The van der Waals surface area contributed by atoms with Crippen molar-refractivity contribution < 1.29 is 23.9 Å². The second kappa shape index (κ2) is 6.86. The van der Waals surface area contributed by atoms with Crippen LogP contribution in [0.25, 0.3) is 0 Å². The molecule has 2 aliphatic rings. The van der Waals surface area contributed by atoms with Gasteiger partial charge in [-0.2, -0.15) is 0 Å². The van der Waals surface area contributed by atoms with Crippen molar-refractivity contribution in [3.05, 3.63) is 23.8 Å². The Morgan fingerprint density at radius 2 is 2.08 bits per heavy atom. The van der Waals surface area contributed by atoms with Gasteiger partial charge in [0.2, 0.25) is 12.7 Å². The van der Waals surface area contributed by atoms with Crippen molar-refractivity contribution >= 4 is 17.8 Å². The van der Waals surface area contributed by atoms with Crippen LogP contribution in [0.3, 0.4) is 0 Å². The molecule has 2 heterocycles. The highest BCUT2D eigenvalue weighted by Crippen LogP contribution is 2.37. The number of rotatable bonds is 6. The number of hydrogen-bond donors (Lipinski definition) is 2. The van der Waals surface area contributed by atoms with E-state index in [4.69, 9.17) is 9.47 Å². The normalized spacial score (nSPS) is 22.3. The number of hydrogen-bond acceptors (Lipinski definition) is 5. The molecule has 26 heavy (non-hydrogen) atoms. The summed E-state index contributed by atoms with van der Waals surface area (Å²) < 4.78 is 10.6. The van der Waals surface area contributed by atoms with Crippen molar-refractivity contribution in [3.63, 3.8) is 0 Å². The standard InChI is InChI=1S/C18H23N3O5/c1-4-5-11(2)19-15(22)9-21-16(23)18(3,20-17(21)24)12-6-7-13-14(8-12)26-10-25-13/h6-8,11H,4-5,9-10H2,1-3H3,(H,19,22)(H,20,24)/t11-,18-/m0/s1. The van der Waals surface area contributed by atoms with Gasteiger partial charge in [-0.05, 0) is 38.0 Å². The van der Waals surface area contributed by atoms with E-state index in [-0.39, 0.29) is 25.3 Å². The van der Waals surface area contributed by atoms with Gasteiger partial charge in [-0.15, -0.1) is 0 Å². The largest absolute Gasteiger partial charge is 0.454 e. The van der Waals surface area contributed by atoms with Gasteiger partial charge >= 0.3 is 6.03 Å². The van der Waals surface area contributed by atoms with E-state index in [1.807, 2.05) is 13.8 Å². The highest BCUT2D eigenvalue weighted by molar-refractivity contribution is 6.09. The monoisotopic (exact) mass is 361 g/mol. The topological polar surface area (TPSA) is 97.0 Å². The predicted octanol–water partition coefficient (Wildman–Crippen LogP) is 1.49. The van der Waals surface area contributed by atoms with Gasteiger partial charge in [0.05, 0.1) is 0 Å². The number of carbonyl (C=O) groups excluding carboxylic acids is 3. The molecular weight excluding hydrogens is 338 g/mol. The summed E-state index contributed by atoms with van der Waals surface area (Å²) in [6, 6.07) is 4.48. The van der Waals surface area contributed by atoms with E-state index < -0.39 is 17.5 Å². The maximum Gasteiger partial charge on any atom is 0.325 e. The maximum absolute atomic E-state index is 12.9. The molecule has 140 valence electrons. The van der Waals surface area contributed by atoms with Gasteiger partial charge in [-0.25, -0.2) is 4.79 Å². The summed E-state index contributed by atoms with van der Waals surface area (Å²) in [7, 11) is 0. The molecule has 0 saturated carbocycles. The van der Waals surface area contributed by atoms with Gasteiger partial charge in [0, 0.05) is 6.04 Å². The molecule has 8 nitrogen and oxygen atoms in total. The molecule has 3 rings (SSSR count). The molecule has 8 heteroatoms. The lowest BCUT2D eigenvalue weighted by Gasteiger charge is -2.22. The number of urea groups is 1. The quantitative estimate of drug-likeness (QED) is 0.748. The SMILES string of the molecule is CCC[C@H](C)NC(=O)CN1C(=O)N[C@@](C)(c2ccc3c(c2)OCO3)C1=O. The molecule has 2 aliphatic heterocycles. The Kier molecular flexibility index (Phi) is 4.76. The summed E-state index contributed by atoms with van der Waals surface area (Å²) in [5.74, 6) is 0.287. The van der Waals surface area contributed by atoms with Gasteiger partial charge < -0.3 is 20.1 Å². The zero-order valence-electron chi connectivity index (χ0n) is 15.1. The first-order valence-corrected chi connectivity index (χ1v) is 8.68. The van der Waals surface area contributed by atoms with E-state index in [2.05, 4.69) is 10.6 Å². The van der Waals surface area contributed by atoms with Gasteiger partial charge in [0.25, 0.3) is 5.91 Å². The number of ether oxygens (including phenoxy) is 2. The van der Waals surface area contributed by atoms with E-state index in [1.54, 1.807) is 25.1 Å². The van der Waals surface area contributed by atoms with Crippen molar-refractivity contribution in [1.82, 2.24) is 15.5 Å². The Hall–Kier alpha value is -2.77. The van der Waals surface area contributed by atoms with E-state index in [0.717, 1.165) is 17.7 Å². The number of carbonyl (C=O) groups is 3. The van der Waals surface area contributed by atoms with Gasteiger partial charge in [0.1, 0.15) is 12.1 Å². The number of amides is 4. The third kappa shape index (κ3) is 3.18. The fraction of sp³-hybridized carbons (Fsp3) is 0.500. The van der Waals surface area contributed by atoms with Crippen LogP contribution in [0.5, 0.6) is 11.5 Å². The zero-order chi connectivity index (χ0) is 18.9. The summed E-state index contributed by atoms with van der Waals surface area (Å²) in [6.45, 7) is 5.35. The lowest BCUT2D eigenvalue weighted by Crippen LogP contribution is -2.44. The first-order valence-electron chi connectivity index (χ1n) is 8.68. The molecule has 1 saturated heterocycles. The van der Waals surface area contributed by atoms with Crippen LogP contribution in [0.4, 0.5) is 4.79 Å². The lowest BCUT2D eigenvalue weighted by atomic mass is 9.91. The van der Waals surface area contributed by atoms with E-state index >= 15 is 0 Å². The molecule has 1 aromatic rings. The van der Waals surface area contributed by atoms with Crippen LogP contribution < -0.4 is 20.1 Å². The van der Waals surface area contributed by atoms with Crippen molar-refractivity contribution in [1.29, 1.82) is 0 Å². The average molecular weight is 361 g/mol. The van der Waals surface area contributed by atoms with E-state index in [1.165, 1.54) is 0 Å². The number of nitrogens with zero attached hydrogens (tertiary/aromatic N) is 1. The van der Waals surface area contributed by atoms with Crippen molar-refractivity contribution in [2.24, 2.45) is 0 Å². The molecule has 0 spiro atoms. The Morgan fingerprint density at radius 1 is 1.35 bits per heavy atom. The number of nitrogens with one attached hydrogen (secondary N) is 2. The van der Waals surface area contributed by atoms with Crippen LogP contribution in [0.1, 0.15) is 39.2 Å². The fourth-order valence-electron chi connectivity index (χ4n) is 3.21. The lowest BCUT2D eigenvalue weighted by molar-refractivity contribution is -0.135. The minimum absolute atomic E-state index is 0.00601. The van der Waals surface area contributed by atoms with Gasteiger partial charge in [-0.3, -0.25) is 14.5 Å². The Labute approximate surface area is 151 Å². The average Bonchev–Trinajstić information content (AvgIpc) is 3.13. The van der Waals surface area contributed by atoms with Gasteiger partial charge in [-0.1, -0.05) is 19.4 Å². The summed E-state index contributed by atoms with van der Waals surface area (Å²) in [6.07, 6.45) is 1.77. The van der Waals surface area contributed by atoms with Crippen molar-refractivity contribution in [2.45, 2.75) is 45.2 Å². The summed E-state index contributed by atoms with van der Waals surface area (Å²) >= 11 is 0. The molecular formula is C18H23N3O5. The maximum atomic E-state index is 12.9. The third-order valence-electron chi connectivity index (χ3n) is 4.66. The number of fused-ring (bicyclic) bond motifs is 1. The predicted molar refractivity (Wildman–Crippen MR) is 92.7 cm³/mol. The number of imide groups is 1. The molecule has 0 radical (unpaired) electrons. The van der Waals surface area contributed by atoms with Crippen molar-refractivity contribution in [3.8, 4) is 11.5 Å². The van der Waals surface area contributed by atoms with E-state index in [9.17, 15) is 14.4 Å². The first kappa shape index (κ1) is 18.0. The van der Waals surface area contributed by atoms with Crippen LogP contribution in [0, 0.1) is 0 Å². The van der Waals surface area contributed by atoms with Gasteiger partial charge in [0.15, 0.2) is 11.5 Å². The van der Waals surface area contributed by atoms with Crippen LogP contribution in [0.15, 0.2) is 18.2 Å². The highest BCUT2D eigenvalue weighted by Gasteiger charge is 2.49. The second-order valence-corrected chi connectivity index (χ2v) is 6.77. The van der Waals surface area contributed by atoms with Crippen LogP contribution >= 0.6 is 0 Å². The van der Waals surface area contributed by atoms with Crippen LogP contribution in [-0.4, -0.2) is 42.1 Å². The molecule has 0 aromatic heterocycles. The summed E-state index contributed by atoms with van der Waals surface area (Å²) in [4.78, 5) is 38.3. The fourth-order valence-corrected chi connectivity index (χ4v) is 3.21. The molecule has 4 amide bonds. The highest BCUT2D eigenvalue weighted by atomic mass is 16.7. The molecule has 1 aromatic carbocycles. The Morgan fingerprint density at radius 3 is 2.81 bits per heavy atom. The smallest absolute Gasteiger partial charge is 0.325 e. The minimum Gasteiger partial charge on any atom is -0.454 e. The Bertz CT molecular complexity index is 750. The van der Waals surface area contributed by atoms with Crippen LogP contribution in [0.2, 0.25) is 0 Å². The molecule has 0 aliphatic carbocycles. The molecule has 2 N–H and O–H groups in total. The molecule has 0 unspecified atom stereocenters. The summed E-state index contributed by atoms with van der Waals surface area (Å²) in [5.41, 5.74) is -0.685. The number of benzene rings is 1. The summed E-state index contributed by atoms with van der Waals surface area (Å²) in [5, 5.41) is 5.48. The van der Waals surface area contributed by atoms with Crippen molar-refractivity contribution in [2.75, 3.05) is 13.3 Å². The minimum atomic E-state index is -1.26. The second-order valence-electron chi connectivity index (χ2n) is 6.77. The Balaban J connectivity index is 1.74. The molecule has 1 fully saturated rings. The first-order chi connectivity index (χ1) is 12.3. The van der Waals surface area contributed by atoms with Crippen LogP contribution in [-0.2, 0) is 15.1 Å². The molecule has 2 atom stereocenters. The molecule has 0 bridgehead atoms. The third-order valence-corrected chi connectivity index (χ3v) is 4.66. The zero-order valence-corrected chi connectivity index (χ0v) is 15.1.